The van der Waals surface area contributed by atoms with E-state index in [1.165, 1.54) is 153 Å². The Labute approximate surface area is 631 Å². The van der Waals surface area contributed by atoms with Crippen LogP contribution in [0.25, 0.3) is 220 Å². The Kier molecular flexibility index (Phi) is 13.7. The molecule has 0 saturated heterocycles. The first kappa shape index (κ1) is 61.6. The number of benzene rings is 18. The number of hydrogen-bond donors (Lipinski definition) is 0. The lowest BCUT2D eigenvalue weighted by atomic mass is 9.99. The Morgan fingerprint density at radius 3 is 1.02 bits per heavy atom. The van der Waals surface area contributed by atoms with Crippen LogP contribution in [0.5, 0.6) is 0 Å². The first-order valence-corrected chi connectivity index (χ1v) is 37.7. The van der Waals surface area contributed by atoms with Crippen LogP contribution >= 0.6 is 0 Å². The lowest BCUT2D eigenvalue weighted by Gasteiger charge is -2.11. The highest BCUT2D eigenvalue weighted by Gasteiger charge is 2.24. The van der Waals surface area contributed by atoms with E-state index in [1.54, 1.807) is 0 Å². The van der Waals surface area contributed by atoms with Crippen LogP contribution in [0.4, 0.5) is 0 Å². The van der Waals surface area contributed by atoms with E-state index in [9.17, 15) is 0 Å². The smallest absolute Gasteiger partial charge is 0.136 e. The summed E-state index contributed by atoms with van der Waals surface area (Å²) in [5, 5.41) is 19.2. The maximum Gasteiger partial charge on any atom is 0.136 e. The Morgan fingerprint density at radius 1 is 0.145 bits per heavy atom. The largest absolute Gasteiger partial charge is 0.456 e. The van der Waals surface area contributed by atoms with Gasteiger partial charge in [-0.1, -0.05) is 243 Å². The van der Waals surface area contributed by atoms with E-state index in [1.807, 2.05) is 12.1 Å². The van der Waals surface area contributed by atoms with Crippen LogP contribution in [0, 0.1) is 0 Å². The van der Waals surface area contributed by atoms with Crippen molar-refractivity contribution >= 4 is 153 Å². The van der Waals surface area contributed by atoms with Crippen molar-refractivity contribution < 1.29 is 8.83 Å². The summed E-state index contributed by atoms with van der Waals surface area (Å²) in [5.41, 5.74) is 27.3. The molecule has 0 atom stereocenters. The van der Waals surface area contributed by atoms with E-state index >= 15 is 0 Å². The predicted molar refractivity (Wildman–Crippen MR) is 462 cm³/mol. The molecule has 0 spiro atoms. The lowest BCUT2D eigenvalue weighted by Crippen LogP contribution is -1.94. The van der Waals surface area contributed by atoms with Gasteiger partial charge in [-0.15, -0.1) is 0 Å². The molecule has 6 heterocycles. The minimum absolute atomic E-state index is 0.905. The van der Waals surface area contributed by atoms with Crippen molar-refractivity contribution in [2.24, 2.45) is 0 Å². The Balaban J connectivity index is 0.000000132. The van der Waals surface area contributed by atoms with Gasteiger partial charge in [0.1, 0.15) is 22.3 Å². The van der Waals surface area contributed by atoms with Gasteiger partial charge in [-0.25, -0.2) is 0 Å². The highest BCUT2D eigenvalue weighted by Crippen LogP contribution is 2.46. The maximum absolute atomic E-state index is 6.44. The summed E-state index contributed by atoms with van der Waals surface area (Å²) in [6.45, 7) is 0. The second-order valence-electron chi connectivity index (χ2n) is 29.1. The summed E-state index contributed by atoms with van der Waals surface area (Å²) in [6.07, 6.45) is 0. The fraction of sp³-hybridized carbons (Fsp3) is 0. The second kappa shape index (κ2) is 24.4. The monoisotopic (exact) mass is 1400 g/mol. The standard InChI is InChI=1S/2C52H32N2O/c1-2-10-33(11-3-1)35-18-23-39(24-19-35)53-47-16-8-6-14-41(47)43-29-37(21-26-48(43)53)38-22-27-49-44(30-38)45-32-52-46(42-15-7-9-17-51(42)55-52)31-50(45)54(49)40-25-20-34-12-4-5-13-36(34)28-40;1-2-10-33(11-3-1)35-18-23-39(24-19-35)53-45-16-8-6-14-41(45)43-31-37(21-26-46(43)53)38-22-27-47-44(32-38)51-48(28-29-50-52(51)42-15-7-9-17-49(42)55-50)54(47)40-25-20-34-12-4-5-13-36(34)30-40/h2*1-32H. The van der Waals surface area contributed by atoms with E-state index in [2.05, 4.69) is 394 Å². The number of fused-ring (bicyclic) bond motifs is 21. The fourth-order valence-corrected chi connectivity index (χ4v) is 17.8. The number of aromatic nitrogens is 4. The summed E-state index contributed by atoms with van der Waals surface area (Å²) in [5.74, 6) is 0. The molecule has 6 heteroatoms. The zero-order valence-electron chi connectivity index (χ0n) is 59.6. The topological polar surface area (TPSA) is 46.0 Å². The molecule has 0 bridgehead atoms. The van der Waals surface area contributed by atoms with Gasteiger partial charge in [0.2, 0.25) is 0 Å². The summed E-state index contributed by atoms with van der Waals surface area (Å²) in [6, 6.07) is 141. The van der Waals surface area contributed by atoms with Crippen molar-refractivity contribution in [1.82, 2.24) is 18.3 Å². The second-order valence-corrected chi connectivity index (χ2v) is 29.1. The van der Waals surface area contributed by atoms with Gasteiger partial charge in [0.25, 0.3) is 0 Å². The van der Waals surface area contributed by atoms with Gasteiger partial charge in [-0.3, -0.25) is 0 Å². The molecule has 0 aliphatic rings. The van der Waals surface area contributed by atoms with E-state index < -0.39 is 0 Å². The molecule has 0 aliphatic carbocycles. The number of para-hydroxylation sites is 4. The quantitative estimate of drug-likeness (QED) is 0.152. The molecule has 0 aliphatic heterocycles. The first-order valence-electron chi connectivity index (χ1n) is 37.7. The zero-order chi connectivity index (χ0) is 72.1. The Morgan fingerprint density at radius 2 is 0.491 bits per heavy atom. The summed E-state index contributed by atoms with van der Waals surface area (Å²) in [7, 11) is 0. The molecule has 24 aromatic rings. The molecule has 24 rings (SSSR count). The van der Waals surface area contributed by atoms with Crippen molar-refractivity contribution in [3.05, 3.63) is 388 Å². The van der Waals surface area contributed by atoms with Gasteiger partial charge in [-0.05, 0) is 212 Å². The van der Waals surface area contributed by atoms with Crippen molar-refractivity contribution in [3.63, 3.8) is 0 Å². The minimum Gasteiger partial charge on any atom is -0.456 e. The number of nitrogens with zero attached hydrogens (tertiary/aromatic N) is 4. The molecule has 0 N–H and O–H groups in total. The van der Waals surface area contributed by atoms with Gasteiger partial charge in [-0.2, -0.15) is 0 Å². The molecule has 0 unspecified atom stereocenters. The van der Waals surface area contributed by atoms with Crippen LogP contribution in [0.3, 0.4) is 0 Å². The van der Waals surface area contributed by atoms with Crippen molar-refractivity contribution in [2.45, 2.75) is 0 Å². The molecule has 0 amide bonds. The number of furan rings is 2. The van der Waals surface area contributed by atoms with E-state index in [0.29, 0.717) is 0 Å². The van der Waals surface area contributed by atoms with E-state index in [4.69, 9.17) is 8.83 Å². The molecule has 0 fully saturated rings. The SMILES string of the molecule is c1ccc(-c2ccc(-n3c4ccccc4c4cc(-c5ccc6c(c5)c5c7c(ccc5n6-c5ccc6ccccc6c5)oc5ccccc57)ccc43)cc2)cc1.c1ccc(-c2ccc(-n3c4ccccc4c4cc(-c5ccc6c(c5)c5cc7oc8ccccc8c7cc5n6-c5ccc6ccccc6c5)ccc43)cc2)cc1. The lowest BCUT2D eigenvalue weighted by molar-refractivity contribution is 0.669. The van der Waals surface area contributed by atoms with Crippen molar-refractivity contribution in [3.8, 4) is 67.3 Å². The fourth-order valence-electron chi connectivity index (χ4n) is 17.8. The molecule has 18 aromatic carbocycles. The minimum atomic E-state index is 0.905. The van der Waals surface area contributed by atoms with Gasteiger partial charge in [0.15, 0.2) is 0 Å². The molecule has 512 valence electrons. The maximum atomic E-state index is 6.44. The summed E-state index contributed by atoms with van der Waals surface area (Å²) in [4.78, 5) is 0. The molecule has 0 radical (unpaired) electrons. The highest BCUT2D eigenvalue weighted by atomic mass is 16.3. The van der Waals surface area contributed by atoms with Crippen molar-refractivity contribution in [1.29, 1.82) is 0 Å². The van der Waals surface area contributed by atoms with Crippen LogP contribution in [0.1, 0.15) is 0 Å². The van der Waals surface area contributed by atoms with Gasteiger partial charge in [0.05, 0.1) is 44.1 Å². The van der Waals surface area contributed by atoms with Crippen LogP contribution in [0.15, 0.2) is 397 Å². The molecular weight excluding hydrogens is 1340 g/mol. The van der Waals surface area contributed by atoms with Crippen molar-refractivity contribution in [2.75, 3.05) is 0 Å². The zero-order valence-corrected chi connectivity index (χ0v) is 59.6. The molecular formula is C104H64N4O2. The van der Waals surface area contributed by atoms with Crippen LogP contribution in [-0.4, -0.2) is 18.3 Å². The predicted octanol–water partition coefficient (Wildman–Crippen LogP) is 28.5. The number of rotatable bonds is 8. The van der Waals surface area contributed by atoms with Crippen LogP contribution in [0.2, 0.25) is 0 Å². The Hall–Kier alpha value is -14.7. The van der Waals surface area contributed by atoms with E-state index in [-0.39, 0.29) is 0 Å². The van der Waals surface area contributed by atoms with Crippen LogP contribution in [-0.2, 0) is 0 Å². The molecule has 0 saturated carbocycles. The molecule has 110 heavy (non-hydrogen) atoms. The summed E-state index contributed by atoms with van der Waals surface area (Å²) >= 11 is 0. The normalized spacial score (nSPS) is 12.0. The van der Waals surface area contributed by atoms with Crippen LogP contribution < -0.4 is 0 Å². The van der Waals surface area contributed by atoms with Gasteiger partial charge >= 0.3 is 0 Å². The van der Waals surface area contributed by atoms with Gasteiger partial charge in [0, 0.05) is 87.4 Å². The summed E-state index contributed by atoms with van der Waals surface area (Å²) < 4.78 is 22.5. The third-order valence-corrected chi connectivity index (χ3v) is 23.0. The molecule has 6 nitrogen and oxygen atoms in total. The molecule has 6 aromatic heterocycles. The average Bonchev–Trinajstić information content (AvgIpc) is 1.56. The van der Waals surface area contributed by atoms with Gasteiger partial charge < -0.3 is 27.1 Å². The highest BCUT2D eigenvalue weighted by molar-refractivity contribution is 6.28. The third-order valence-electron chi connectivity index (χ3n) is 23.0. The Bertz CT molecular complexity index is 7800. The van der Waals surface area contributed by atoms with E-state index in [0.717, 1.165) is 66.6 Å². The first-order chi connectivity index (χ1) is 54.5. The average molecular weight is 1400 g/mol. The number of hydrogen-bond acceptors (Lipinski definition) is 2. The third kappa shape index (κ3) is 9.69.